The van der Waals surface area contributed by atoms with Crippen LogP contribution < -0.4 is 4.80 Å². The van der Waals surface area contributed by atoms with E-state index in [1.54, 1.807) is 23.9 Å². The van der Waals surface area contributed by atoms with Gasteiger partial charge < -0.3 is 4.57 Å². The van der Waals surface area contributed by atoms with Crippen molar-refractivity contribution in [1.29, 1.82) is 0 Å². The summed E-state index contributed by atoms with van der Waals surface area (Å²) in [4.78, 5) is 17.7. The monoisotopic (exact) mass is 396 g/mol. The average molecular weight is 397 g/mol. The van der Waals surface area contributed by atoms with Crippen LogP contribution in [0.2, 0.25) is 0 Å². The van der Waals surface area contributed by atoms with Crippen LogP contribution in [-0.4, -0.2) is 22.5 Å². The number of nitrogens with zero attached hydrogens (tertiary/aromatic N) is 2. The number of amides is 1. The predicted octanol–water partition coefficient (Wildman–Crippen LogP) is 5.10. The lowest BCUT2D eigenvalue weighted by Crippen LogP contribution is -2.18. The van der Waals surface area contributed by atoms with Gasteiger partial charge >= 0.3 is 0 Å². The minimum atomic E-state index is -0.286. The van der Waals surface area contributed by atoms with Gasteiger partial charge in [0.2, 0.25) is 0 Å². The van der Waals surface area contributed by atoms with E-state index in [0.717, 1.165) is 33.3 Å². The van der Waals surface area contributed by atoms with Crippen LogP contribution in [0, 0.1) is 5.82 Å². The second-order valence-electron chi connectivity index (χ2n) is 6.12. The lowest BCUT2D eigenvalue weighted by atomic mass is 10.1. The summed E-state index contributed by atoms with van der Waals surface area (Å²) in [5.41, 5.74) is 1.45. The third-order valence-electron chi connectivity index (χ3n) is 4.36. The van der Waals surface area contributed by atoms with Gasteiger partial charge in [0.1, 0.15) is 5.82 Å². The number of aromatic nitrogens is 1. The number of hydrogen-bond donors (Lipinski definition) is 0. The molecule has 0 aliphatic carbocycles. The highest BCUT2D eigenvalue weighted by atomic mass is 32.2. The van der Waals surface area contributed by atoms with Crippen LogP contribution in [0.25, 0.3) is 21.0 Å². The summed E-state index contributed by atoms with van der Waals surface area (Å²) in [5, 5.41) is 2.09. The number of halogens is 1. The maximum absolute atomic E-state index is 13.6. The summed E-state index contributed by atoms with van der Waals surface area (Å²) in [6.07, 6.45) is 2.03. The Morgan fingerprint density at radius 3 is 2.74 bits per heavy atom. The normalized spacial score (nSPS) is 12.1. The fourth-order valence-corrected chi connectivity index (χ4v) is 4.45. The zero-order valence-electron chi connectivity index (χ0n) is 14.7. The fourth-order valence-electron chi connectivity index (χ4n) is 3.00. The van der Waals surface area contributed by atoms with Crippen LogP contribution >= 0.6 is 23.1 Å². The van der Waals surface area contributed by atoms with Gasteiger partial charge in [-0.3, -0.25) is 4.79 Å². The molecule has 0 aliphatic rings. The first-order valence-electron chi connectivity index (χ1n) is 8.51. The molecule has 0 bridgehead atoms. The standard InChI is InChI=1S/C21H17FN2OS2/c1-26-11-10-24-18-9-8-17(22)13-19(18)27-21(24)23-20(25)16-7-6-14-4-2-3-5-15(14)12-16/h2-9,12-13H,10-11H2,1H3. The smallest absolute Gasteiger partial charge is 0.279 e. The van der Waals surface area contributed by atoms with Crippen molar-refractivity contribution in [2.75, 3.05) is 12.0 Å². The van der Waals surface area contributed by atoms with Gasteiger partial charge in [-0.1, -0.05) is 41.7 Å². The molecule has 3 aromatic carbocycles. The zero-order valence-corrected chi connectivity index (χ0v) is 16.3. The summed E-state index contributed by atoms with van der Waals surface area (Å²) in [6.45, 7) is 0.719. The Morgan fingerprint density at radius 2 is 1.93 bits per heavy atom. The molecule has 4 aromatic rings. The summed E-state index contributed by atoms with van der Waals surface area (Å²) < 4.78 is 16.4. The topological polar surface area (TPSA) is 34.4 Å². The van der Waals surface area contributed by atoms with Crippen molar-refractivity contribution >= 4 is 50.0 Å². The number of carbonyl (C=O) groups excluding carboxylic acids is 1. The molecule has 0 saturated heterocycles. The van der Waals surface area contributed by atoms with Crippen molar-refractivity contribution in [3.05, 3.63) is 76.8 Å². The van der Waals surface area contributed by atoms with Crippen molar-refractivity contribution in [1.82, 2.24) is 4.57 Å². The Labute approximate surface area is 164 Å². The molecule has 0 unspecified atom stereocenters. The van der Waals surface area contributed by atoms with Crippen LogP contribution in [0.3, 0.4) is 0 Å². The number of thioether (sulfide) groups is 1. The van der Waals surface area contributed by atoms with Crippen LogP contribution in [0.5, 0.6) is 0 Å². The van der Waals surface area contributed by atoms with E-state index in [4.69, 9.17) is 0 Å². The Kier molecular flexibility index (Phi) is 5.09. The Balaban J connectivity index is 1.81. The molecule has 0 saturated carbocycles. The molecule has 0 atom stereocenters. The van der Waals surface area contributed by atoms with E-state index < -0.39 is 0 Å². The Bertz CT molecular complexity index is 1210. The predicted molar refractivity (Wildman–Crippen MR) is 112 cm³/mol. The Morgan fingerprint density at radius 1 is 1.11 bits per heavy atom. The fraction of sp³-hybridized carbons (Fsp3) is 0.143. The zero-order chi connectivity index (χ0) is 18.8. The number of fused-ring (bicyclic) bond motifs is 2. The first kappa shape index (κ1) is 17.9. The minimum Gasteiger partial charge on any atom is -0.316 e. The molecule has 0 fully saturated rings. The van der Waals surface area contributed by atoms with Gasteiger partial charge in [0, 0.05) is 17.9 Å². The SMILES string of the molecule is CSCCn1c(=NC(=O)c2ccc3ccccc3c2)sc2cc(F)ccc21. The molecule has 0 aliphatic heterocycles. The van der Waals surface area contributed by atoms with E-state index in [2.05, 4.69) is 4.99 Å². The molecule has 1 aromatic heterocycles. The molecule has 3 nitrogen and oxygen atoms in total. The molecular weight excluding hydrogens is 379 g/mol. The van der Waals surface area contributed by atoms with Crippen LogP contribution in [0.4, 0.5) is 4.39 Å². The van der Waals surface area contributed by atoms with Crippen molar-refractivity contribution < 1.29 is 9.18 Å². The van der Waals surface area contributed by atoms with Crippen molar-refractivity contribution in [3.63, 3.8) is 0 Å². The van der Waals surface area contributed by atoms with Gasteiger partial charge in [-0.2, -0.15) is 16.8 Å². The largest absolute Gasteiger partial charge is 0.316 e. The Hall–Kier alpha value is -2.44. The summed E-state index contributed by atoms with van der Waals surface area (Å²) in [7, 11) is 0. The summed E-state index contributed by atoms with van der Waals surface area (Å²) in [5.74, 6) is 0.319. The lowest BCUT2D eigenvalue weighted by Gasteiger charge is -2.04. The molecule has 4 rings (SSSR count). The van der Waals surface area contributed by atoms with Gasteiger partial charge in [-0.15, -0.1) is 0 Å². The van der Waals surface area contributed by atoms with E-state index in [9.17, 15) is 9.18 Å². The van der Waals surface area contributed by atoms with Crippen molar-refractivity contribution in [2.24, 2.45) is 4.99 Å². The number of benzene rings is 3. The van der Waals surface area contributed by atoms with Gasteiger partial charge in [0.15, 0.2) is 4.80 Å². The first-order valence-corrected chi connectivity index (χ1v) is 10.7. The molecular formula is C21H17FN2OS2. The molecule has 0 N–H and O–H groups in total. The maximum Gasteiger partial charge on any atom is 0.279 e. The molecule has 0 spiro atoms. The second-order valence-corrected chi connectivity index (χ2v) is 8.11. The molecule has 6 heteroatoms. The molecule has 27 heavy (non-hydrogen) atoms. The van der Waals surface area contributed by atoms with E-state index >= 15 is 0 Å². The quantitative estimate of drug-likeness (QED) is 0.481. The van der Waals surface area contributed by atoms with Gasteiger partial charge in [0.05, 0.1) is 10.2 Å². The molecule has 1 amide bonds. The number of hydrogen-bond acceptors (Lipinski definition) is 3. The minimum absolute atomic E-state index is 0.284. The summed E-state index contributed by atoms with van der Waals surface area (Å²) >= 11 is 3.06. The lowest BCUT2D eigenvalue weighted by molar-refractivity contribution is 0.0998. The third kappa shape index (κ3) is 3.68. The van der Waals surface area contributed by atoms with Crippen LogP contribution in [-0.2, 0) is 6.54 Å². The number of carbonyl (C=O) groups is 1. The highest BCUT2D eigenvalue weighted by Gasteiger charge is 2.10. The molecule has 0 radical (unpaired) electrons. The third-order valence-corrected chi connectivity index (χ3v) is 5.99. The maximum atomic E-state index is 13.6. The van der Waals surface area contributed by atoms with Gasteiger partial charge in [-0.25, -0.2) is 4.39 Å². The van der Waals surface area contributed by atoms with E-state index in [1.165, 1.54) is 23.5 Å². The molecule has 1 heterocycles. The second kappa shape index (κ2) is 7.66. The summed E-state index contributed by atoms with van der Waals surface area (Å²) in [6, 6.07) is 18.2. The first-order chi connectivity index (χ1) is 13.2. The average Bonchev–Trinajstić information content (AvgIpc) is 3.01. The van der Waals surface area contributed by atoms with Crippen molar-refractivity contribution in [3.8, 4) is 0 Å². The van der Waals surface area contributed by atoms with E-state index in [0.29, 0.717) is 10.4 Å². The highest BCUT2D eigenvalue weighted by Crippen LogP contribution is 2.20. The van der Waals surface area contributed by atoms with E-state index in [-0.39, 0.29) is 11.7 Å². The number of aryl methyl sites for hydroxylation is 1. The number of thiazole rings is 1. The number of rotatable bonds is 4. The van der Waals surface area contributed by atoms with E-state index in [1.807, 2.05) is 47.2 Å². The van der Waals surface area contributed by atoms with Crippen molar-refractivity contribution in [2.45, 2.75) is 6.54 Å². The highest BCUT2D eigenvalue weighted by molar-refractivity contribution is 7.98. The van der Waals surface area contributed by atoms with Gasteiger partial charge in [0.25, 0.3) is 5.91 Å². The van der Waals surface area contributed by atoms with Gasteiger partial charge in [-0.05, 0) is 47.4 Å². The molecule has 136 valence electrons. The van der Waals surface area contributed by atoms with Crippen LogP contribution in [0.15, 0.2) is 65.7 Å². The van der Waals surface area contributed by atoms with Crippen LogP contribution in [0.1, 0.15) is 10.4 Å².